The fourth-order valence-electron chi connectivity index (χ4n) is 4.10. The summed E-state index contributed by atoms with van der Waals surface area (Å²) in [5.41, 5.74) is 1.56. The van der Waals surface area contributed by atoms with Crippen LogP contribution in [0.1, 0.15) is 5.56 Å². The van der Waals surface area contributed by atoms with Crippen molar-refractivity contribution in [3.8, 4) is 5.75 Å². The molecule has 0 radical (unpaired) electrons. The molecule has 1 heterocycles. The topological polar surface area (TPSA) is 96.0 Å². The summed E-state index contributed by atoms with van der Waals surface area (Å²) in [6.07, 6.45) is 1.42. The van der Waals surface area contributed by atoms with E-state index in [-0.39, 0.29) is 18.1 Å². The molecule has 1 aliphatic rings. The maximum absolute atomic E-state index is 13.5. The van der Waals surface area contributed by atoms with Crippen LogP contribution in [0.2, 0.25) is 5.02 Å². The smallest absolute Gasteiger partial charge is 0.343 e. The summed E-state index contributed by atoms with van der Waals surface area (Å²) in [4.78, 5) is 54.7. The van der Waals surface area contributed by atoms with Crippen molar-refractivity contribution < 1.29 is 23.9 Å². The molecule has 1 fully saturated rings. The first kappa shape index (κ1) is 27.8. The van der Waals surface area contributed by atoms with Gasteiger partial charge in [0.05, 0.1) is 15.8 Å². The molecule has 0 saturated carbocycles. The molecule has 0 atom stereocenters. The molecule has 1 aliphatic heterocycles. The molecule has 0 aliphatic carbocycles. The van der Waals surface area contributed by atoms with Gasteiger partial charge in [-0.15, -0.1) is 0 Å². The molecule has 0 bridgehead atoms. The number of ether oxygens (including phenoxy) is 1. The van der Waals surface area contributed by atoms with Crippen molar-refractivity contribution in [2.45, 2.75) is 0 Å². The van der Waals surface area contributed by atoms with Gasteiger partial charge >= 0.3 is 6.03 Å². The normalized spacial score (nSPS) is 13.3. The molecule has 0 spiro atoms. The molecule has 4 aromatic carbocycles. The van der Waals surface area contributed by atoms with Crippen molar-refractivity contribution in [3.63, 3.8) is 0 Å². The van der Waals surface area contributed by atoms with Crippen LogP contribution in [0.15, 0.2) is 113 Å². The van der Waals surface area contributed by atoms with Gasteiger partial charge in [0.15, 0.2) is 6.61 Å². The Morgan fingerprint density at radius 3 is 1.90 bits per heavy atom. The number of carbonyl (C=O) groups excluding carboxylic acids is 4. The number of urea groups is 1. The van der Waals surface area contributed by atoms with Crippen LogP contribution in [0, 0.1) is 0 Å². The van der Waals surface area contributed by atoms with Crippen molar-refractivity contribution in [1.29, 1.82) is 0 Å². The molecule has 41 heavy (non-hydrogen) atoms. The second-order valence-electron chi connectivity index (χ2n) is 8.83. The minimum Gasteiger partial charge on any atom is -0.483 e. The first-order valence-electron chi connectivity index (χ1n) is 12.3. The number of benzene rings is 4. The number of carbonyl (C=O) groups is 4. The quantitative estimate of drug-likeness (QED) is 0.181. The van der Waals surface area contributed by atoms with E-state index in [1.165, 1.54) is 6.08 Å². The third kappa shape index (κ3) is 6.21. The first-order chi connectivity index (χ1) is 19.8. The number of amides is 5. The Balaban J connectivity index is 1.39. The van der Waals surface area contributed by atoms with E-state index in [0.717, 1.165) is 9.80 Å². The average molecular weight is 631 g/mol. The van der Waals surface area contributed by atoms with Crippen LogP contribution in [0.4, 0.5) is 21.9 Å². The van der Waals surface area contributed by atoms with E-state index < -0.39 is 17.8 Å². The summed E-state index contributed by atoms with van der Waals surface area (Å²) in [7, 11) is 0. The van der Waals surface area contributed by atoms with Gasteiger partial charge < -0.3 is 10.1 Å². The van der Waals surface area contributed by atoms with Gasteiger partial charge in [-0.3, -0.25) is 14.4 Å². The van der Waals surface area contributed by atoms with Gasteiger partial charge in [0, 0.05) is 10.7 Å². The van der Waals surface area contributed by atoms with Crippen LogP contribution in [-0.2, 0) is 14.4 Å². The Bertz CT molecular complexity index is 1600. The number of halogens is 2. The third-order valence-electron chi connectivity index (χ3n) is 6.03. The maximum atomic E-state index is 13.5. The van der Waals surface area contributed by atoms with Gasteiger partial charge in [0.2, 0.25) is 0 Å². The summed E-state index contributed by atoms with van der Waals surface area (Å²) < 4.78 is 6.14. The summed E-state index contributed by atoms with van der Waals surface area (Å²) in [5, 5.41) is 3.27. The largest absolute Gasteiger partial charge is 0.483 e. The first-order valence-corrected chi connectivity index (χ1v) is 13.5. The van der Waals surface area contributed by atoms with Crippen LogP contribution in [0.25, 0.3) is 6.08 Å². The minimum absolute atomic E-state index is 0.194. The third-order valence-corrected chi connectivity index (χ3v) is 6.90. The molecule has 1 N–H and O–H groups in total. The molecule has 1 saturated heterocycles. The molecular formula is C31H21BrClN3O5. The van der Waals surface area contributed by atoms with Crippen LogP contribution in [-0.4, -0.2) is 30.4 Å². The number of hydrogen-bond acceptors (Lipinski definition) is 5. The number of nitrogens with zero attached hydrogens (tertiary/aromatic N) is 2. The summed E-state index contributed by atoms with van der Waals surface area (Å²) in [6, 6.07) is 27.7. The van der Waals surface area contributed by atoms with Crippen LogP contribution >= 0.6 is 27.5 Å². The van der Waals surface area contributed by atoms with Crippen LogP contribution in [0.5, 0.6) is 5.75 Å². The second kappa shape index (κ2) is 12.2. The number of imide groups is 2. The number of para-hydroxylation sites is 2. The predicted molar refractivity (Wildman–Crippen MR) is 161 cm³/mol. The summed E-state index contributed by atoms with van der Waals surface area (Å²) >= 11 is 9.30. The highest BCUT2D eigenvalue weighted by atomic mass is 79.9. The van der Waals surface area contributed by atoms with E-state index in [0.29, 0.717) is 37.9 Å². The number of anilines is 3. The van der Waals surface area contributed by atoms with E-state index in [4.69, 9.17) is 16.3 Å². The number of barbiturate groups is 1. The standard InChI is InChI=1S/C31H21BrClN3O5/c32-26-18-20(11-16-27(26)41-19-28(37)34-22-14-12-21(33)13-15-22)17-25-29(38)35(23-7-3-1-4-8-23)31(40)36(30(25)39)24-9-5-2-6-10-24/h1-18H,19H2,(H,34,37). The fourth-order valence-corrected chi connectivity index (χ4v) is 4.74. The Morgan fingerprint density at radius 2 is 1.37 bits per heavy atom. The van der Waals surface area contributed by atoms with Crippen molar-refractivity contribution in [1.82, 2.24) is 0 Å². The van der Waals surface area contributed by atoms with Crippen molar-refractivity contribution >= 4 is 74.4 Å². The lowest BCUT2D eigenvalue weighted by Crippen LogP contribution is -2.57. The summed E-state index contributed by atoms with van der Waals surface area (Å²) in [6.45, 7) is -0.251. The zero-order valence-electron chi connectivity index (χ0n) is 21.3. The lowest BCUT2D eigenvalue weighted by molar-refractivity contribution is -0.121. The molecular weight excluding hydrogens is 610 g/mol. The number of nitrogens with one attached hydrogen (secondary N) is 1. The Morgan fingerprint density at radius 1 is 0.805 bits per heavy atom. The fraction of sp³-hybridized carbons (Fsp3) is 0.0323. The Labute approximate surface area is 248 Å². The summed E-state index contributed by atoms with van der Waals surface area (Å²) in [5.74, 6) is -1.47. The molecule has 0 unspecified atom stereocenters. The molecule has 0 aromatic heterocycles. The monoisotopic (exact) mass is 629 g/mol. The van der Waals surface area contributed by atoms with Crippen molar-refractivity contribution in [2.24, 2.45) is 0 Å². The zero-order valence-corrected chi connectivity index (χ0v) is 23.6. The lowest BCUT2D eigenvalue weighted by Gasteiger charge is -2.33. The molecule has 8 nitrogen and oxygen atoms in total. The van der Waals surface area contributed by atoms with E-state index >= 15 is 0 Å². The van der Waals surface area contributed by atoms with Crippen molar-refractivity contribution in [3.05, 3.63) is 124 Å². The van der Waals surface area contributed by atoms with E-state index in [1.54, 1.807) is 103 Å². The Hall–Kier alpha value is -4.73. The highest BCUT2D eigenvalue weighted by Crippen LogP contribution is 2.31. The van der Waals surface area contributed by atoms with E-state index in [1.807, 2.05) is 0 Å². The average Bonchev–Trinajstić information content (AvgIpc) is 2.97. The minimum atomic E-state index is -0.767. The molecule has 4 aromatic rings. The number of hydrogen-bond donors (Lipinski definition) is 1. The van der Waals surface area contributed by atoms with Gasteiger partial charge in [-0.1, -0.05) is 54.1 Å². The van der Waals surface area contributed by atoms with Gasteiger partial charge in [0.1, 0.15) is 11.3 Å². The predicted octanol–water partition coefficient (Wildman–Crippen LogP) is 6.70. The van der Waals surface area contributed by atoms with Crippen LogP contribution in [0.3, 0.4) is 0 Å². The molecule has 5 amide bonds. The van der Waals surface area contributed by atoms with Crippen LogP contribution < -0.4 is 19.9 Å². The highest BCUT2D eigenvalue weighted by molar-refractivity contribution is 9.10. The maximum Gasteiger partial charge on any atom is 0.343 e. The highest BCUT2D eigenvalue weighted by Gasteiger charge is 2.43. The van der Waals surface area contributed by atoms with Gasteiger partial charge in [0.25, 0.3) is 17.7 Å². The van der Waals surface area contributed by atoms with Crippen molar-refractivity contribution in [2.75, 3.05) is 21.7 Å². The molecule has 204 valence electrons. The molecule has 5 rings (SSSR count). The zero-order chi connectivity index (χ0) is 28.9. The molecule has 10 heteroatoms. The van der Waals surface area contributed by atoms with Gasteiger partial charge in [-0.2, -0.15) is 0 Å². The lowest BCUT2D eigenvalue weighted by atomic mass is 10.0. The van der Waals surface area contributed by atoms with E-state index in [2.05, 4.69) is 21.2 Å². The Kier molecular flexibility index (Phi) is 8.28. The van der Waals surface area contributed by atoms with Gasteiger partial charge in [-0.25, -0.2) is 14.6 Å². The van der Waals surface area contributed by atoms with E-state index in [9.17, 15) is 19.2 Å². The SMILES string of the molecule is O=C(COc1ccc(C=C2C(=O)N(c3ccccc3)C(=O)N(c3ccccc3)C2=O)cc1Br)Nc1ccc(Cl)cc1. The van der Waals surface area contributed by atoms with Gasteiger partial charge in [-0.05, 0) is 88.2 Å². The number of rotatable bonds is 7. The second-order valence-corrected chi connectivity index (χ2v) is 10.1.